The van der Waals surface area contributed by atoms with Crippen LogP contribution in [0, 0.1) is 0 Å². The van der Waals surface area contributed by atoms with Gasteiger partial charge in [0.05, 0.1) is 6.04 Å². The first-order chi connectivity index (χ1) is 19.3. The number of carbonyl (C=O) groups excluding carboxylic acids is 3. The summed E-state index contributed by atoms with van der Waals surface area (Å²) >= 11 is 0. The second kappa shape index (κ2) is 18.1. The molecule has 3 amide bonds. The van der Waals surface area contributed by atoms with E-state index in [-0.39, 0.29) is 56.8 Å². The molecule has 1 aliphatic heterocycles. The van der Waals surface area contributed by atoms with Gasteiger partial charge in [0.15, 0.2) is 17.9 Å². The first-order valence-corrected chi connectivity index (χ1v) is 13.4. The van der Waals surface area contributed by atoms with E-state index in [0.717, 1.165) is 0 Å². The third kappa shape index (κ3) is 13.5. The van der Waals surface area contributed by atoms with Gasteiger partial charge < -0.3 is 60.8 Å². The van der Waals surface area contributed by atoms with E-state index in [1.165, 1.54) is 4.90 Å². The number of nitrogens with one attached hydrogen (secondary N) is 2. The van der Waals surface area contributed by atoms with Crippen LogP contribution < -0.4 is 50.8 Å². The molecule has 18 heteroatoms. The van der Waals surface area contributed by atoms with Crippen LogP contribution in [0.4, 0.5) is 0 Å². The Morgan fingerprint density at radius 1 is 0.780 bits per heavy atom. The average molecular weight is 584 g/mol. The molecule has 17 N–H and O–H groups in total. The average Bonchev–Trinajstić information content (AvgIpc) is 3.39. The highest BCUT2D eigenvalue weighted by atomic mass is 16.4. The van der Waals surface area contributed by atoms with Crippen molar-refractivity contribution in [3.05, 3.63) is 0 Å². The monoisotopic (exact) mass is 583 g/mol. The van der Waals surface area contributed by atoms with E-state index >= 15 is 0 Å². The first-order valence-electron chi connectivity index (χ1n) is 13.4. The quantitative estimate of drug-likeness (QED) is 0.0414. The van der Waals surface area contributed by atoms with Gasteiger partial charge in [0.1, 0.15) is 18.1 Å². The third-order valence-corrected chi connectivity index (χ3v) is 6.26. The van der Waals surface area contributed by atoms with Crippen molar-refractivity contribution < 1.29 is 24.3 Å². The van der Waals surface area contributed by atoms with Gasteiger partial charge in [-0.1, -0.05) is 0 Å². The predicted octanol–water partition coefficient (Wildman–Crippen LogP) is -4.48. The molecule has 0 aliphatic carbocycles. The van der Waals surface area contributed by atoms with E-state index in [1.807, 2.05) is 0 Å². The summed E-state index contributed by atoms with van der Waals surface area (Å²) in [6, 6.07) is -4.04. The zero-order valence-electron chi connectivity index (χ0n) is 23.2. The minimum atomic E-state index is -1.22. The molecule has 18 nitrogen and oxygen atoms in total. The number of nitrogens with zero attached hydrogens (tertiary/aromatic N) is 4. The Bertz CT molecular complexity index is 975. The molecule has 0 radical (unpaired) electrons. The van der Waals surface area contributed by atoms with Crippen LogP contribution in [0.2, 0.25) is 0 Å². The highest BCUT2D eigenvalue weighted by molar-refractivity contribution is 5.94. The molecule has 0 aromatic rings. The van der Waals surface area contributed by atoms with Crippen LogP contribution in [0.25, 0.3) is 0 Å². The summed E-state index contributed by atoms with van der Waals surface area (Å²) < 4.78 is 0. The molecule has 4 atom stereocenters. The van der Waals surface area contributed by atoms with Gasteiger partial charge in [0.25, 0.3) is 0 Å². The maximum Gasteiger partial charge on any atom is 0.326 e. The topological polar surface area (TPSA) is 335 Å². The molecule has 4 unspecified atom stereocenters. The van der Waals surface area contributed by atoms with Crippen molar-refractivity contribution in [2.45, 2.75) is 75.5 Å². The van der Waals surface area contributed by atoms with E-state index in [0.29, 0.717) is 38.6 Å². The molecule has 232 valence electrons. The van der Waals surface area contributed by atoms with Gasteiger partial charge in [0.2, 0.25) is 17.7 Å². The molecule has 1 fully saturated rings. The number of amides is 3. The fourth-order valence-electron chi connectivity index (χ4n) is 4.22. The zero-order valence-corrected chi connectivity index (χ0v) is 23.2. The number of carboxylic acids is 1. The first kappa shape index (κ1) is 34.7. The highest BCUT2D eigenvalue weighted by Gasteiger charge is 2.39. The van der Waals surface area contributed by atoms with Gasteiger partial charge in [-0.15, -0.1) is 0 Å². The molecule has 41 heavy (non-hydrogen) atoms. The van der Waals surface area contributed by atoms with E-state index in [4.69, 9.17) is 40.1 Å². The van der Waals surface area contributed by atoms with Crippen molar-refractivity contribution in [3.63, 3.8) is 0 Å². The normalized spacial score (nSPS) is 16.5. The molecule has 0 saturated carbocycles. The molecular weight excluding hydrogens is 538 g/mol. The Kier molecular flexibility index (Phi) is 15.3. The molecule has 1 aliphatic rings. The van der Waals surface area contributed by atoms with Gasteiger partial charge in [-0.2, -0.15) is 0 Å². The number of hydrogen-bond acceptors (Lipinski definition) is 8. The minimum absolute atomic E-state index is 0.0701. The van der Waals surface area contributed by atoms with Crippen LogP contribution in [-0.2, 0) is 19.2 Å². The van der Waals surface area contributed by atoms with Crippen LogP contribution in [0.1, 0.15) is 51.4 Å². The fraction of sp³-hybridized carbons (Fsp3) is 0.696. The van der Waals surface area contributed by atoms with Crippen LogP contribution in [0.5, 0.6) is 0 Å². The standard InChI is InChI=1S/C23H45N13O5/c24-13(5-1-9-31-21(25)26)17(37)34-14(6-2-10-32-22(27)28)19(39)36-12-4-8-16(36)18(38)35-15(20(40)41)7-3-11-33-23(29)30/h13-16H,1-12,24H2,(H,34,37)(H,35,38)(H,40,41)(H4,25,26,31)(H4,27,28,32)(H4,29,30,33). The summed E-state index contributed by atoms with van der Waals surface area (Å²) in [5.74, 6) is -3.17. The maximum absolute atomic E-state index is 13.6. The Morgan fingerprint density at radius 2 is 1.27 bits per heavy atom. The number of aliphatic carboxylic acids is 1. The number of carbonyl (C=O) groups is 4. The SMILES string of the molecule is NC(N)=NCCCC(N)C(=O)NC(CCCN=C(N)N)C(=O)N1CCCC1C(=O)NC(CCCN=C(N)N)C(=O)O. The molecular formula is C23H45N13O5. The largest absolute Gasteiger partial charge is 0.480 e. The van der Waals surface area contributed by atoms with Crippen LogP contribution in [0.3, 0.4) is 0 Å². The van der Waals surface area contributed by atoms with E-state index < -0.39 is 47.9 Å². The molecule has 1 saturated heterocycles. The lowest BCUT2D eigenvalue weighted by Gasteiger charge is -2.30. The van der Waals surface area contributed by atoms with Crippen LogP contribution >= 0.6 is 0 Å². The lowest BCUT2D eigenvalue weighted by molar-refractivity contribution is -0.145. The highest BCUT2D eigenvalue weighted by Crippen LogP contribution is 2.20. The van der Waals surface area contributed by atoms with Gasteiger partial charge in [-0.05, 0) is 51.4 Å². The van der Waals surface area contributed by atoms with Crippen LogP contribution in [0.15, 0.2) is 15.0 Å². The summed E-state index contributed by atoms with van der Waals surface area (Å²) in [6.45, 7) is 0.967. The zero-order chi connectivity index (χ0) is 30.9. The van der Waals surface area contributed by atoms with Crippen molar-refractivity contribution >= 4 is 41.6 Å². The maximum atomic E-state index is 13.6. The Morgan fingerprint density at radius 3 is 1.76 bits per heavy atom. The van der Waals surface area contributed by atoms with Crippen LogP contribution in [-0.4, -0.2) is 102 Å². The number of carboxylic acid groups (broad SMARTS) is 1. The van der Waals surface area contributed by atoms with Gasteiger partial charge in [0, 0.05) is 26.2 Å². The Labute approximate surface area is 238 Å². The molecule has 0 bridgehead atoms. The van der Waals surface area contributed by atoms with Gasteiger partial charge in [-0.25, -0.2) is 4.79 Å². The predicted molar refractivity (Wildman–Crippen MR) is 154 cm³/mol. The second-order valence-electron chi connectivity index (χ2n) is 9.60. The Balaban J connectivity index is 2.93. The third-order valence-electron chi connectivity index (χ3n) is 6.26. The number of nitrogens with two attached hydrogens (primary N) is 7. The van der Waals surface area contributed by atoms with Gasteiger partial charge in [-0.3, -0.25) is 29.4 Å². The van der Waals surface area contributed by atoms with E-state index in [2.05, 4.69) is 25.6 Å². The number of guanidine groups is 3. The smallest absolute Gasteiger partial charge is 0.326 e. The summed E-state index contributed by atoms with van der Waals surface area (Å²) in [5, 5.41) is 14.8. The van der Waals surface area contributed by atoms with Crippen molar-refractivity contribution in [3.8, 4) is 0 Å². The lowest BCUT2D eigenvalue weighted by atomic mass is 10.1. The number of rotatable bonds is 18. The lowest BCUT2D eigenvalue weighted by Crippen LogP contribution is -2.56. The van der Waals surface area contributed by atoms with Gasteiger partial charge >= 0.3 is 5.97 Å². The van der Waals surface area contributed by atoms with E-state index in [9.17, 15) is 24.3 Å². The molecule has 1 heterocycles. The van der Waals surface area contributed by atoms with Crippen molar-refractivity contribution in [2.24, 2.45) is 55.1 Å². The molecule has 0 spiro atoms. The minimum Gasteiger partial charge on any atom is -0.480 e. The van der Waals surface area contributed by atoms with Crippen molar-refractivity contribution in [2.75, 3.05) is 26.2 Å². The summed E-state index contributed by atoms with van der Waals surface area (Å²) in [7, 11) is 0. The van der Waals surface area contributed by atoms with E-state index in [1.54, 1.807) is 0 Å². The molecule has 0 aromatic carbocycles. The summed E-state index contributed by atoms with van der Waals surface area (Å²) in [4.78, 5) is 64.1. The second-order valence-corrected chi connectivity index (χ2v) is 9.60. The molecule has 1 rings (SSSR count). The number of likely N-dealkylation sites (tertiary alicyclic amines) is 1. The van der Waals surface area contributed by atoms with Crippen molar-refractivity contribution in [1.82, 2.24) is 15.5 Å². The van der Waals surface area contributed by atoms with Crippen molar-refractivity contribution in [1.29, 1.82) is 0 Å². The summed E-state index contributed by atoms with van der Waals surface area (Å²) in [5.41, 5.74) is 37.9. The molecule has 0 aromatic heterocycles. The summed E-state index contributed by atoms with van der Waals surface area (Å²) in [6.07, 6.45) is 2.50. The fourth-order valence-corrected chi connectivity index (χ4v) is 4.22. The Hall–Kier alpha value is -4.35. The number of hydrogen-bond donors (Lipinski definition) is 10. The number of aliphatic imine (C=N–C) groups is 3.